The van der Waals surface area contributed by atoms with E-state index in [1.165, 1.54) is 0 Å². The first kappa shape index (κ1) is 26.2. The molecule has 0 aromatic heterocycles. The van der Waals surface area contributed by atoms with Crippen LogP contribution in [0.15, 0.2) is 84.9 Å². The topological polar surface area (TPSA) is 93.8 Å². The van der Waals surface area contributed by atoms with E-state index in [9.17, 15) is 9.90 Å². The fourth-order valence-corrected chi connectivity index (χ4v) is 3.84. The zero-order valence-electron chi connectivity index (χ0n) is 18.6. The van der Waals surface area contributed by atoms with E-state index >= 15 is 0 Å². The van der Waals surface area contributed by atoms with Crippen LogP contribution in [0.4, 0.5) is 4.79 Å². The van der Waals surface area contributed by atoms with Crippen LogP contribution in [0.5, 0.6) is 5.75 Å². The van der Waals surface area contributed by atoms with Gasteiger partial charge in [-0.2, -0.15) is 0 Å². The molecule has 0 aliphatic heterocycles. The lowest BCUT2D eigenvalue weighted by atomic mass is 9.83. The third-order valence-corrected chi connectivity index (χ3v) is 5.40. The normalized spacial score (nSPS) is 11.8. The van der Waals surface area contributed by atoms with E-state index in [4.69, 9.17) is 15.2 Å². The highest BCUT2D eigenvalue weighted by Crippen LogP contribution is 2.28. The average molecular weight is 471 g/mol. The van der Waals surface area contributed by atoms with E-state index in [1.54, 1.807) is 7.11 Å². The highest BCUT2D eigenvalue weighted by atomic mass is 35.5. The highest BCUT2D eigenvalue weighted by molar-refractivity contribution is 5.85. The third kappa shape index (κ3) is 7.79. The molecule has 0 fully saturated rings. The summed E-state index contributed by atoms with van der Waals surface area (Å²) in [5.74, 6) is 0.768. The predicted molar refractivity (Wildman–Crippen MR) is 132 cm³/mol. The van der Waals surface area contributed by atoms with Crippen molar-refractivity contribution in [2.75, 3.05) is 13.7 Å². The van der Waals surface area contributed by atoms with E-state index in [0.29, 0.717) is 19.4 Å². The lowest BCUT2D eigenvalue weighted by Crippen LogP contribution is -2.54. The molecule has 0 bridgehead atoms. The first-order chi connectivity index (χ1) is 15.5. The molecule has 3 rings (SSSR count). The van der Waals surface area contributed by atoms with Gasteiger partial charge in [0, 0.05) is 25.9 Å². The maximum atomic E-state index is 11.9. The maximum Gasteiger partial charge on any atom is 0.405 e. The van der Waals surface area contributed by atoms with Crippen LogP contribution in [0.3, 0.4) is 0 Å². The molecule has 0 saturated carbocycles. The second-order valence-electron chi connectivity index (χ2n) is 7.81. The Labute approximate surface area is 201 Å². The number of benzene rings is 3. The molecule has 1 amide bonds. The van der Waals surface area contributed by atoms with Crippen LogP contribution < -0.4 is 15.8 Å². The van der Waals surface area contributed by atoms with Gasteiger partial charge in [0.2, 0.25) is 0 Å². The van der Waals surface area contributed by atoms with Gasteiger partial charge in [0.15, 0.2) is 0 Å². The molecule has 4 N–H and O–H groups in total. The molecule has 1 unspecified atom stereocenters. The van der Waals surface area contributed by atoms with Gasteiger partial charge in [0.05, 0.1) is 7.11 Å². The molecule has 1 atom stereocenters. The summed E-state index contributed by atoms with van der Waals surface area (Å²) in [5, 5.41) is 14.6. The third-order valence-electron chi connectivity index (χ3n) is 5.40. The van der Waals surface area contributed by atoms with Crippen molar-refractivity contribution in [2.24, 2.45) is 5.73 Å². The number of rotatable bonds is 11. The Morgan fingerprint density at radius 3 is 2.00 bits per heavy atom. The number of ether oxygens (including phenoxy) is 2. The molecule has 7 heteroatoms. The van der Waals surface area contributed by atoms with Crippen LogP contribution in [-0.2, 0) is 24.1 Å². The van der Waals surface area contributed by atoms with Crippen molar-refractivity contribution in [3.63, 3.8) is 0 Å². The van der Waals surface area contributed by atoms with Gasteiger partial charge in [0.25, 0.3) is 0 Å². The van der Waals surface area contributed by atoms with Crippen LogP contribution in [0, 0.1) is 0 Å². The zero-order valence-corrected chi connectivity index (χ0v) is 19.5. The van der Waals surface area contributed by atoms with Gasteiger partial charge in [-0.15, -0.1) is 12.4 Å². The van der Waals surface area contributed by atoms with Crippen molar-refractivity contribution in [3.8, 4) is 5.75 Å². The Balaban J connectivity index is 0.00000385. The minimum Gasteiger partial charge on any atom is -0.497 e. The molecule has 176 valence electrons. The molecule has 0 spiro atoms. The van der Waals surface area contributed by atoms with Crippen molar-refractivity contribution in [2.45, 2.75) is 31.1 Å². The predicted octanol–water partition coefficient (Wildman–Crippen LogP) is 3.89. The molecule has 0 aliphatic carbocycles. The zero-order chi connectivity index (χ0) is 22.8. The van der Waals surface area contributed by atoms with Gasteiger partial charge in [0.1, 0.15) is 17.5 Å². The first-order valence-electron chi connectivity index (χ1n) is 10.6. The minimum absolute atomic E-state index is 0. The lowest BCUT2D eigenvalue weighted by Gasteiger charge is -2.37. The second kappa shape index (κ2) is 12.8. The first-order valence-corrected chi connectivity index (χ1v) is 10.6. The molecule has 6 nitrogen and oxygen atoms in total. The number of hydrogen-bond donors (Lipinski definition) is 3. The number of aliphatic hydroxyl groups excluding tert-OH is 1. The van der Waals surface area contributed by atoms with Crippen LogP contribution >= 0.6 is 12.4 Å². The number of nitrogens with two attached hydrogens (primary N) is 1. The highest BCUT2D eigenvalue weighted by Gasteiger charge is 2.41. The summed E-state index contributed by atoms with van der Waals surface area (Å²) in [6.07, 6.45) is -1.26. The average Bonchev–Trinajstić information content (AvgIpc) is 2.80. The van der Waals surface area contributed by atoms with Crippen molar-refractivity contribution >= 4 is 18.5 Å². The lowest BCUT2D eigenvalue weighted by molar-refractivity contribution is -0.0776. The molecule has 0 radical (unpaired) electrons. The number of nitrogens with one attached hydrogen (secondary N) is 1. The second-order valence-corrected chi connectivity index (χ2v) is 7.81. The summed E-state index contributed by atoms with van der Waals surface area (Å²) in [5.41, 5.74) is 7.14. The van der Waals surface area contributed by atoms with Crippen molar-refractivity contribution < 1.29 is 19.4 Å². The Morgan fingerprint density at radius 2 is 1.48 bits per heavy atom. The molecule has 0 aliphatic rings. The van der Waals surface area contributed by atoms with Gasteiger partial charge >= 0.3 is 6.09 Å². The SMILES string of the molecule is COc1cccc(CNCC(O)C(Cc2ccccc2)(Cc2ccccc2)OC(N)=O)c1.Cl. The Bertz CT molecular complexity index is 944. The summed E-state index contributed by atoms with van der Waals surface area (Å²) in [6.45, 7) is 0.738. The van der Waals surface area contributed by atoms with Crippen LogP contribution in [0.2, 0.25) is 0 Å². The van der Waals surface area contributed by atoms with E-state index in [0.717, 1.165) is 22.4 Å². The number of amides is 1. The van der Waals surface area contributed by atoms with E-state index in [-0.39, 0.29) is 19.0 Å². The van der Waals surface area contributed by atoms with Gasteiger partial charge in [-0.3, -0.25) is 0 Å². The van der Waals surface area contributed by atoms with Gasteiger partial charge < -0.3 is 25.6 Å². The Hall–Kier alpha value is -3.06. The monoisotopic (exact) mass is 470 g/mol. The summed E-state index contributed by atoms with van der Waals surface area (Å²) in [7, 11) is 1.62. The maximum absolute atomic E-state index is 11.9. The summed E-state index contributed by atoms with van der Waals surface area (Å²) < 4.78 is 10.9. The molecule has 33 heavy (non-hydrogen) atoms. The van der Waals surface area contributed by atoms with Gasteiger partial charge in [-0.25, -0.2) is 4.79 Å². The number of primary amides is 1. The van der Waals surface area contributed by atoms with Gasteiger partial charge in [-0.05, 0) is 28.8 Å². The smallest absolute Gasteiger partial charge is 0.405 e. The van der Waals surface area contributed by atoms with Crippen LogP contribution in [0.1, 0.15) is 16.7 Å². The van der Waals surface area contributed by atoms with Crippen LogP contribution in [0.25, 0.3) is 0 Å². The largest absolute Gasteiger partial charge is 0.497 e. The molecule has 0 heterocycles. The standard InChI is InChI=1S/C26H30N2O4.ClH/c1-31-23-14-8-13-22(15-23)18-28-19-24(29)26(32-25(27)30,16-20-9-4-2-5-10-20)17-21-11-6-3-7-12-21;/h2-15,24,28-29H,16-19H2,1H3,(H2,27,30);1H. The van der Waals surface area contributed by atoms with Gasteiger partial charge in [-0.1, -0.05) is 72.8 Å². The minimum atomic E-state index is -1.23. The summed E-state index contributed by atoms with van der Waals surface area (Å²) >= 11 is 0. The number of halogens is 1. The van der Waals surface area contributed by atoms with Crippen LogP contribution in [-0.4, -0.2) is 36.6 Å². The molecular formula is C26H31ClN2O4. The fourth-order valence-electron chi connectivity index (χ4n) is 3.84. The summed E-state index contributed by atoms with van der Waals surface area (Å²) in [6, 6.07) is 27.0. The van der Waals surface area contributed by atoms with E-state index < -0.39 is 17.8 Å². The molecule has 0 saturated heterocycles. The Kier molecular flexibility index (Phi) is 10.2. The molecule has 3 aromatic carbocycles. The number of methoxy groups -OCH3 is 1. The quantitative estimate of drug-likeness (QED) is 0.395. The summed E-state index contributed by atoms with van der Waals surface area (Å²) in [4.78, 5) is 11.9. The van der Waals surface area contributed by atoms with Crippen molar-refractivity contribution in [1.29, 1.82) is 0 Å². The van der Waals surface area contributed by atoms with E-state index in [2.05, 4.69) is 5.32 Å². The Morgan fingerprint density at radius 1 is 0.939 bits per heavy atom. The molecular weight excluding hydrogens is 440 g/mol. The number of carbonyl (C=O) groups is 1. The number of hydrogen-bond acceptors (Lipinski definition) is 5. The fraction of sp³-hybridized carbons (Fsp3) is 0.269. The number of aliphatic hydroxyl groups is 1. The van der Waals surface area contributed by atoms with E-state index in [1.807, 2.05) is 84.9 Å². The van der Waals surface area contributed by atoms with Crippen molar-refractivity contribution in [3.05, 3.63) is 102 Å². The number of carbonyl (C=O) groups excluding carboxylic acids is 1. The van der Waals surface area contributed by atoms with Crippen molar-refractivity contribution in [1.82, 2.24) is 5.32 Å². The molecule has 3 aromatic rings.